The van der Waals surface area contributed by atoms with Crippen LogP contribution in [0.2, 0.25) is 5.02 Å². The van der Waals surface area contributed by atoms with Crippen molar-refractivity contribution in [1.82, 2.24) is 5.32 Å². The number of nitrogens with zero attached hydrogens (tertiary/aromatic N) is 1. The van der Waals surface area contributed by atoms with E-state index in [9.17, 15) is 9.18 Å². The van der Waals surface area contributed by atoms with Crippen LogP contribution in [0, 0.1) is 5.82 Å². The molecule has 1 amide bonds. The van der Waals surface area contributed by atoms with E-state index in [0.29, 0.717) is 33.9 Å². The Bertz CT molecular complexity index is 947. The highest BCUT2D eigenvalue weighted by molar-refractivity contribution is 8.18. The van der Waals surface area contributed by atoms with E-state index in [0.717, 1.165) is 5.56 Å². The van der Waals surface area contributed by atoms with Crippen LogP contribution in [0.15, 0.2) is 46.3 Å². The second-order valence-corrected chi connectivity index (χ2v) is 6.86. The number of amidine groups is 1. The number of aliphatic imine (C=N–C) groups is 1. The lowest BCUT2D eigenvalue weighted by Crippen LogP contribution is -2.19. The van der Waals surface area contributed by atoms with Gasteiger partial charge < -0.3 is 14.8 Å². The molecule has 0 aliphatic carbocycles. The van der Waals surface area contributed by atoms with Crippen molar-refractivity contribution in [3.05, 3.63) is 57.7 Å². The third-order valence-electron chi connectivity index (χ3n) is 3.57. The summed E-state index contributed by atoms with van der Waals surface area (Å²) in [6, 6.07) is 9.54. The molecule has 140 valence electrons. The molecule has 0 atom stereocenters. The van der Waals surface area contributed by atoms with Gasteiger partial charge in [0.05, 0.1) is 29.3 Å². The molecule has 1 aliphatic rings. The van der Waals surface area contributed by atoms with Crippen molar-refractivity contribution in [2.45, 2.75) is 6.92 Å². The fourth-order valence-electron chi connectivity index (χ4n) is 2.35. The molecule has 0 unspecified atom stereocenters. The lowest BCUT2D eigenvalue weighted by molar-refractivity contribution is -0.115. The summed E-state index contributed by atoms with van der Waals surface area (Å²) in [4.78, 5) is 17.0. The molecule has 3 rings (SSSR count). The van der Waals surface area contributed by atoms with Crippen molar-refractivity contribution < 1.29 is 18.7 Å². The van der Waals surface area contributed by atoms with Crippen LogP contribution >= 0.6 is 23.4 Å². The average molecular weight is 407 g/mol. The Morgan fingerprint density at radius 1 is 1.26 bits per heavy atom. The summed E-state index contributed by atoms with van der Waals surface area (Å²) in [6.07, 6.45) is 1.73. The molecule has 0 bridgehead atoms. The van der Waals surface area contributed by atoms with E-state index in [1.165, 1.54) is 30.0 Å². The zero-order chi connectivity index (χ0) is 19.4. The van der Waals surface area contributed by atoms with Crippen LogP contribution in [0.1, 0.15) is 12.5 Å². The predicted octanol–water partition coefficient (Wildman–Crippen LogP) is 4.78. The second kappa shape index (κ2) is 8.45. The van der Waals surface area contributed by atoms with Crippen molar-refractivity contribution >= 4 is 46.2 Å². The largest absolute Gasteiger partial charge is 0.493 e. The number of ether oxygens (including phenoxy) is 2. The highest BCUT2D eigenvalue weighted by Crippen LogP contribution is 2.32. The summed E-state index contributed by atoms with van der Waals surface area (Å²) in [5, 5.41) is 3.05. The maximum atomic E-state index is 13.2. The molecule has 8 heteroatoms. The van der Waals surface area contributed by atoms with Crippen molar-refractivity contribution in [3.8, 4) is 11.5 Å². The molecule has 0 radical (unpaired) electrons. The van der Waals surface area contributed by atoms with Gasteiger partial charge in [-0.15, -0.1) is 0 Å². The standard InChI is InChI=1S/C19H16ClFN2O3S/c1-3-26-15-7-4-11(8-16(15)25-2)9-17-18(24)23-19(27-17)22-12-5-6-14(21)13(20)10-12/h4-10H,3H2,1-2H3,(H,22,23,24). The predicted molar refractivity (Wildman–Crippen MR) is 106 cm³/mol. The summed E-state index contributed by atoms with van der Waals surface area (Å²) in [6.45, 7) is 2.42. The number of hydrogen-bond acceptors (Lipinski definition) is 5. The Labute approximate surface area is 165 Å². The van der Waals surface area contributed by atoms with Crippen molar-refractivity contribution in [2.24, 2.45) is 4.99 Å². The Morgan fingerprint density at radius 3 is 2.78 bits per heavy atom. The number of carbonyl (C=O) groups is 1. The number of hydrogen-bond donors (Lipinski definition) is 1. The molecule has 2 aromatic carbocycles. The molecule has 1 aliphatic heterocycles. The van der Waals surface area contributed by atoms with Crippen LogP contribution in [0.5, 0.6) is 11.5 Å². The maximum absolute atomic E-state index is 13.2. The molecule has 2 aromatic rings. The number of halogens is 2. The van der Waals surface area contributed by atoms with Crippen LogP contribution in [-0.2, 0) is 4.79 Å². The molecule has 0 aromatic heterocycles. The molecule has 5 nitrogen and oxygen atoms in total. The summed E-state index contributed by atoms with van der Waals surface area (Å²) in [7, 11) is 1.56. The average Bonchev–Trinajstić information content (AvgIpc) is 2.98. The number of thioether (sulfide) groups is 1. The highest BCUT2D eigenvalue weighted by atomic mass is 35.5. The zero-order valence-corrected chi connectivity index (χ0v) is 16.2. The minimum absolute atomic E-state index is 0.0246. The van der Waals surface area contributed by atoms with Crippen molar-refractivity contribution in [2.75, 3.05) is 13.7 Å². The smallest absolute Gasteiger partial charge is 0.264 e. The van der Waals surface area contributed by atoms with Crippen LogP contribution in [0.3, 0.4) is 0 Å². The number of benzene rings is 2. The number of nitrogens with one attached hydrogen (secondary N) is 1. The highest BCUT2D eigenvalue weighted by Gasteiger charge is 2.24. The van der Waals surface area contributed by atoms with E-state index in [4.69, 9.17) is 21.1 Å². The first-order chi connectivity index (χ1) is 13.0. The van der Waals surface area contributed by atoms with E-state index in [-0.39, 0.29) is 10.9 Å². The Kier molecular flexibility index (Phi) is 6.03. The van der Waals surface area contributed by atoms with Crippen LogP contribution in [0.25, 0.3) is 6.08 Å². The first-order valence-electron chi connectivity index (χ1n) is 8.05. The molecular weight excluding hydrogens is 391 g/mol. The Hall–Kier alpha value is -2.51. The zero-order valence-electron chi connectivity index (χ0n) is 14.6. The monoisotopic (exact) mass is 406 g/mol. The number of rotatable bonds is 5. The van der Waals surface area contributed by atoms with Gasteiger partial charge in [-0.05, 0) is 60.7 Å². The fourth-order valence-corrected chi connectivity index (χ4v) is 3.37. The Balaban J connectivity index is 1.82. The van der Waals surface area contributed by atoms with Crippen LogP contribution < -0.4 is 14.8 Å². The molecule has 1 N–H and O–H groups in total. The summed E-state index contributed by atoms with van der Waals surface area (Å²) in [5.74, 6) is 0.444. The van der Waals surface area contributed by atoms with Gasteiger partial charge in [0.25, 0.3) is 5.91 Å². The summed E-state index contributed by atoms with van der Waals surface area (Å²) < 4.78 is 24.0. The second-order valence-electron chi connectivity index (χ2n) is 5.42. The SMILES string of the molecule is CCOc1ccc(C=C2SC(=Nc3ccc(F)c(Cl)c3)NC2=O)cc1OC. The number of carbonyl (C=O) groups excluding carboxylic acids is 1. The van der Waals surface area contributed by atoms with E-state index < -0.39 is 5.82 Å². The molecule has 1 heterocycles. The molecule has 1 fully saturated rings. The van der Waals surface area contributed by atoms with E-state index >= 15 is 0 Å². The van der Waals surface area contributed by atoms with Crippen molar-refractivity contribution in [3.63, 3.8) is 0 Å². The van der Waals surface area contributed by atoms with Crippen LogP contribution in [0.4, 0.5) is 10.1 Å². The quantitative estimate of drug-likeness (QED) is 0.726. The van der Waals surface area contributed by atoms with Gasteiger partial charge in [0.2, 0.25) is 0 Å². The van der Waals surface area contributed by atoms with Gasteiger partial charge in [-0.25, -0.2) is 9.38 Å². The van der Waals surface area contributed by atoms with Gasteiger partial charge in [0.1, 0.15) is 5.82 Å². The minimum atomic E-state index is -0.520. The van der Waals surface area contributed by atoms with Gasteiger partial charge >= 0.3 is 0 Å². The molecule has 0 saturated carbocycles. The Morgan fingerprint density at radius 2 is 2.07 bits per heavy atom. The number of amides is 1. The van der Waals surface area contributed by atoms with E-state index in [2.05, 4.69) is 10.3 Å². The number of methoxy groups -OCH3 is 1. The van der Waals surface area contributed by atoms with E-state index in [1.807, 2.05) is 13.0 Å². The molecular formula is C19H16ClFN2O3S. The maximum Gasteiger partial charge on any atom is 0.264 e. The van der Waals surface area contributed by atoms with Gasteiger partial charge in [-0.1, -0.05) is 17.7 Å². The fraction of sp³-hybridized carbons (Fsp3) is 0.158. The third kappa shape index (κ3) is 4.61. The summed E-state index contributed by atoms with van der Waals surface area (Å²) >= 11 is 6.94. The third-order valence-corrected chi connectivity index (χ3v) is 4.77. The lowest BCUT2D eigenvalue weighted by atomic mass is 10.2. The topological polar surface area (TPSA) is 59.9 Å². The van der Waals surface area contributed by atoms with Gasteiger partial charge in [0.15, 0.2) is 16.7 Å². The van der Waals surface area contributed by atoms with Crippen LogP contribution in [-0.4, -0.2) is 24.8 Å². The molecule has 27 heavy (non-hydrogen) atoms. The van der Waals surface area contributed by atoms with E-state index in [1.54, 1.807) is 25.3 Å². The lowest BCUT2D eigenvalue weighted by Gasteiger charge is -2.09. The van der Waals surface area contributed by atoms with Gasteiger partial charge in [0, 0.05) is 0 Å². The molecule has 0 spiro atoms. The summed E-state index contributed by atoms with van der Waals surface area (Å²) in [5.41, 5.74) is 1.24. The van der Waals surface area contributed by atoms with Crippen molar-refractivity contribution in [1.29, 1.82) is 0 Å². The molecule has 1 saturated heterocycles. The van der Waals surface area contributed by atoms with Gasteiger partial charge in [-0.2, -0.15) is 0 Å². The van der Waals surface area contributed by atoms with Gasteiger partial charge in [-0.3, -0.25) is 4.79 Å². The first-order valence-corrected chi connectivity index (χ1v) is 9.25. The minimum Gasteiger partial charge on any atom is -0.493 e. The normalized spacial score (nSPS) is 16.7. The first kappa shape index (κ1) is 19.3.